The minimum absolute atomic E-state index is 0.0103. The van der Waals surface area contributed by atoms with Crippen molar-refractivity contribution in [2.45, 2.75) is 0 Å². The van der Waals surface area contributed by atoms with Crippen LogP contribution in [0.3, 0.4) is 0 Å². The normalized spacial score (nSPS) is 16.8. The summed E-state index contributed by atoms with van der Waals surface area (Å²) >= 11 is 0. The Balaban J connectivity index is 1.40. The van der Waals surface area contributed by atoms with Crippen LogP contribution in [0, 0.1) is 5.82 Å². The second-order valence-corrected chi connectivity index (χ2v) is 8.77. The van der Waals surface area contributed by atoms with Crippen molar-refractivity contribution in [2.24, 2.45) is 0 Å². The lowest BCUT2D eigenvalue weighted by atomic mass is 10.00. The molecule has 7 nitrogen and oxygen atoms in total. The Bertz CT molecular complexity index is 1300. The molecule has 0 aromatic heterocycles. The number of fused-ring (bicyclic) bond motifs is 1. The number of carbonyl (C=O) groups is 2. The lowest BCUT2D eigenvalue weighted by molar-refractivity contribution is -0.120. The number of ether oxygens (including phenoxy) is 1. The molecule has 0 radical (unpaired) electrons. The van der Waals surface area contributed by atoms with Crippen LogP contribution in [-0.4, -0.2) is 56.6 Å². The molecule has 2 aliphatic heterocycles. The molecule has 1 saturated heterocycles. The van der Waals surface area contributed by atoms with Crippen LogP contribution in [0.1, 0.15) is 11.1 Å². The molecule has 3 aromatic carbocycles. The van der Waals surface area contributed by atoms with Gasteiger partial charge < -0.3 is 20.3 Å². The first kappa shape index (κ1) is 23.7. The van der Waals surface area contributed by atoms with Gasteiger partial charge in [0.15, 0.2) is 0 Å². The number of hydrogen-bond donors (Lipinski definition) is 2. The topological polar surface area (TPSA) is 73.9 Å². The predicted molar refractivity (Wildman–Crippen MR) is 139 cm³/mol. The number of rotatable bonds is 6. The number of hydrogen-bond acceptors (Lipinski definition) is 5. The molecule has 0 bridgehead atoms. The van der Waals surface area contributed by atoms with E-state index in [-0.39, 0.29) is 11.8 Å². The predicted octanol–water partition coefficient (Wildman–Crippen LogP) is 4.05. The highest BCUT2D eigenvalue weighted by molar-refractivity contribution is 6.37. The van der Waals surface area contributed by atoms with Gasteiger partial charge in [0.2, 0.25) is 5.91 Å². The van der Waals surface area contributed by atoms with Crippen molar-refractivity contribution in [1.29, 1.82) is 0 Å². The molecule has 0 unspecified atom stereocenters. The SMILES string of the molecule is CN(C(=O)CN1CCOCC1)c1ccc(N/C(=C2\C(=O)Nc3cc(F)ccc32)c2ccccc2)cc1. The van der Waals surface area contributed by atoms with E-state index in [1.807, 2.05) is 54.6 Å². The first-order valence-electron chi connectivity index (χ1n) is 11.8. The third-order valence-electron chi connectivity index (χ3n) is 6.40. The Labute approximate surface area is 209 Å². The van der Waals surface area contributed by atoms with Crippen molar-refractivity contribution in [3.63, 3.8) is 0 Å². The summed E-state index contributed by atoms with van der Waals surface area (Å²) in [4.78, 5) is 29.4. The highest BCUT2D eigenvalue weighted by Crippen LogP contribution is 2.38. The summed E-state index contributed by atoms with van der Waals surface area (Å²) in [6, 6.07) is 21.3. The second-order valence-electron chi connectivity index (χ2n) is 8.77. The van der Waals surface area contributed by atoms with Crippen LogP contribution >= 0.6 is 0 Å². The van der Waals surface area contributed by atoms with E-state index in [2.05, 4.69) is 15.5 Å². The maximum absolute atomic E-state index is 13.8. The molecule has 5 rings (SSSR count). The quantitative estimate of drug-likeness (QED) is 0.515. The monoisotopic (exact) mass is 486 g/mol. The smallest absolute Gasteiger partial charge is 0.258 e. The molecule has 0 aliphatic carbocycles. The van der Waals surface area contributed by atoms with E-state index >= 15 is 0 Å². The number of likely N-dealkylation sites (N-methyl/N-ethyl adjacent to an activating group) is 1. The molecule has 2 heterocycles. The Kier molecular flexibility index (Phi) is 6.79. The molecule has 2 amide bonds. The number of anilines is 3. The summed E-state index contributed by atoms with van der Waals surface area (Å²) in [5.41, 5.74) is 4.48. The van der Waals surface area contributed by atoms with Gasteiger partial charge in [-0.2, -0.15) is 0 Å². The van der Waals surface area contributed by atoms with Crippen molar-refractivity contribution < 1.29 is 18.7 Å². The largest absolute Gasteiger partial charge is 0.379 e. The van der Waals surface area contributed by atoms with Gasteiger partial charge in [-0.3, -0.25) is 14.5 Å². The maximum Gasteiger partial charge on any atom is 0.258 e. The second kappa shape index (κ2) is 10.3. The van der Waals surface area contributed by atoms with E-state index in [1.165, 1.54) is 12.1 Å². The summed E-state index contributed by atoms with van der Waals surface area (Å²) in [6.07, 6.45) is 0. The van der Waals surface area contributed by atoms with Crippen LogP contribution in [0.25, 0.3) is 11.3 Å². The van der Waals surface area contributed by atoms with E-state index in [0.29, 0.717) is 42.3 Å². The zero-order valence-electron chi connectivity index (χ0n) is 20.0. The van der Waals surface area contributed by atoms with E-state index in [0.717, 1.165) is 30.0 Å². The molecule has 8 heteroatoms. The average molecular weight is 487 g/mol. The van der Waals surface area contributed by atoms with Crippen LogP contribution in [-0.2, 0) is 14.3 Å². The fraction of sp³-hybridized carbons (Fsp3) is 0.214. The molecule has 2 aliphatic rings. The standard InChI is InChI=1S/C28H27FN4O3/c1-32(25(34)18-33-13-15-36-16-14-33)22-10-8-21(9-11-22)30-27(19-5-3-2-4-6-19)26-23-12-7-20(29)17-24(23)31-28(26)35/h2-12,17,30H,13-16,18H2,1H3,(H,31,35)/b27-26-. The number of amides is 2. The van der Waals surface area contributed by atoms with E-state index in [4.69, 9.17) is 4.74 Å². The molecule has 3 aromatic rings. The summed E-state index contributed by atoms with van der Waals surface area (Å²) in [6.45, 7) is 3.15. The van der Waals surface area contributed by atoms with E-state index in [1.54, 1.807) is 18.0 Å². The van der Waals surface area contributed by atoms with Gasteiger partial charge in [0.1, 0.15) is 5.82 Å². The number of carbonyl (C=O) groups excluding carboxylic acids is 2. The first-order chi connectivity index (χ1) is 17.5. The highest BCUT2D eigenvalue weighted by Gasteiger charge is 2.29. The molecular weight excluding hydrogens is 459 g/mol. The number of nitrogens with one attached hydrogen (secondary N) is 2. The van der Waals surface area contributed by atoms with E-state index in [9.17, 15) is 14.0 Å². The van der Waals surface area contributed by atoms with Crippen molar-refractivity contribution in [2.75, 3.05) is 55.4 Å². The third-order valence-corrected chi connectivity index (χ3v) is 6.40. The molecule has 184 valence electrons. The summed E-state index contributed by atoms with van der Waals surface area (Å²) < 4.78 is 19.1. The maximum atomic E-state index is 13.8. The highest BCUT2D eigenvalue weighted by atomic mass is 19.1. The van der Waals surface area contributed by atoms with Crippen LogP contribution in [0.2, 0.25) is 0 Å². The number of morpholine rings is 1. The molecule has 0 spiro atoms. The van der Waals surface area contributed by atoms with Crippen LogP contribution in [0.4, 0.5) is 21.5 Å². The lowest BCUT2D eigenvalue weighted by Gasteiger charge is -2.28. The average Bonchev–Trinajstić information content (AvgIpc) is 3.22. The Morgan fingerprint density at radius 3 is 2.50 bits per heavy atom. The molecule has 36 heavy (non-hydrogen) atoms. The fourth-order valence-electron chi connectivity index (χ4n) is 4.39. The van der Waals surface area contributed by atoms with Crippen molar-refractivity contribution >= 4 is 40.1 Å². The number of nitrogens with zero attached hydrogens (tertiary/aromatic N) is 2. The van der Waals surface area contributed by atoms with Crippen LogP contribution < -0.4 is 15.5 Å². The summed E-state index contributed by atoms with van der Waals surface area (Å²) in [5, 5.41) is 6.15. The van der Waals surface area contributed by atoms with Gasteiger partial charge in [0.25, 0.3) is 5.91 Å². The van der Waals surface area contributed by atoms with Gasteiger partial charge >= 0.3 is 0 Å². The summed E-state index contributed by atoms with van der Waals surface area (Å²) in [5.74, 6) is -0.699. The molecule has 0 saturated carbocycles. The number of halogens is 1. The zero-order chi connectivity index (χ0) is 25.1. The van der Waals surface area contributed by atoms with Crippen LogP contribution in [0.15, 0.2) is 72.8 Å². The van der Waals surface area contributed by atoms with Crippen LogP contribution in [0.5, 0.6) is 0 Å². The van der Waals surface area contributed by atoms with E-state index < -0.39 is 5.82 Å². The Morgan fingerprint density at radius 2 is 1.78 bits per heavy atom. The van der Waals surface area contributed by atoms with Crippen molar-refractivity contribution in [3.8, 4) is 0 Å². The number of benzene rings is 3. The van der Waals surface area contributed by atoms with Gasteiger partial charge in [0, 0.05) is 37.1 Å². The molecule has 0 atom stereocenters. The minimum atomic E-state index is -0.410. The lowest BCUT2D eigenvalue weighted by Crippen LogP contribution is -2.43. The zero-order valence-corrected chi connectivity index (χ0v) is 20.0. The fourth-order valence-corrected chi connectivity index (χ4v) is 4.39. The van der Waals surface area contributed by atoms with Crippen molar-refractivity contribution in [3.05, 3.63) is 89.7 Å². The van der Waals surface area contributed by atoms with Gasteiger partial charge in [-0.15, -0.1) is 0 Å². The van der Waals surface area contributed by atoms with Gasteiger partial charge in [0.05, 0.1) is 36.7 Å². The third kappa shape index (κ3) is 5.00. The first-order valence-corrected chi connectivity index (χ1v) is 11.8. The molecular formula is C28H27FN4O3. The van der Waals surface area contributed by atoms with Gasteiger partial charge in [-0.05, 0) is 48.0 Å². The van der Waals surface area contributed by atoms with Gasteiger partial charge in [-0.25, -0.2) is 4.39 Å². The van der Waals surface area contributed by atoms with Crippen molar-refractivity contribution in [1.82, 2.24) is 4.90 Å². The Hall–Kier alpha value is -4.01. The Morgan fingerprint density at radius 1 is 1.06 bits per heavy atom. The molecule has 1 fully saturated rings. The minimum Gasteiger partial charge on any atom is -0.379 e. The summed E-state index contributed by atoms with van der Waals surface area (Å²) in [7, 11) is 1.77. The molecule has 2 N–H and O–H groups in total. The van der Waals surface area contributed by atoms with Gasteiger partial charge in [-0.1, -0.05) is 30.3 Å².